The van der Waals surface area contributed by atoms with Crippen LogP contribution in [0.25, 0.3) is 0 Å². The van der Waals surface area contributed by atoms with Crippen molar-refractivity contribution in [3.8, 4) is 0 Å². The van der Waals surface area contributed by atoms with Gasteiger partial charge >= 0.3 is 0 Å². The average molecular weight is 273 g/mol. The van der Waals surface area contributed by atoms with E-state index >= 15 is 0 Å². The molecule has 0 unspecified atom stereocenters. The maximum atomic E-state index is 11.0. The van der Waals surface area contributed by atoms with Crippen LogP contribution >= 0.6 is 22.6 Å². The van der Waals surface area contributed by atoms with Crippen molar-refractivity contribution in [2.75, 3.05) is 0 Å². The number of rotatable bonds is 1. The van der Waals surface area contributed by atoms with E-state index < -0.39 is 5.91 Å². The van der Waals surface area contributed by atoms with Gasteiger partial charge in [0.2, 0.25) is 6.08 Å². The maximum absolute atomic E-state index is 11.0. The third-order valence-electron chi connectivity index (χ3n) is 1.25. The Morgan fingerprint density at radius 2 is 2.08 bits per heavy atom. The first-order valence-corrected chi connectivity index (χ1v) is 4.20. The zero-order valence-electron chi connectivity index (χ0n) is 5.95. The molecule has 1 aromatic rings. The molecule has 3 nitrogen and oxygen atoms in total. The summed E-state index contributed by atoms with van der Waals surface area (Å²) < 4.78 is 0.777. The minimum absolute atomic E-state index is 0.432. The van der Waals surface area contributed by atoms with E-state index in [-0.39, 0.29) is 0 Å². The van der Waals surface area contributed by atoms with Crippen molar-refractivity contribution in [3.05, 3.63) is 33.4 Å². The SMILES string of the molecule is O=C=NC(=O)c1ccccc1I. The molecule has 4 heteroatoms. The Hall–Kier alpha value is -1.000. The second kappa shape index (κ2) is 4.13. The zero-order chi connectivity index (χ0) is 8.97. The Balaban J connectivity index is 3.11. The van der Waals surface area contributed by atoms with Gasteiger partial charge in [0.25, 0.3) is 5.91 Å². The molecule has 12 heavy (non-hydrogen) atoms. The average Bonchev–Trinajstić information content (AvgIpc) is 2.05. The second-order valence-corrected chi connectivity index (χ2v) is 3.15. The summed E-state index contributed by atoms with van der Waals surface area (Å²) in [5.41, 5.74) is 0.432. The highest BCUT2D eigenvalue weighted by molar-refractivity contribution is 14.1. The molecule has 0 aliphatic carbocycles. The van der Waals surface area contributed by atoms with Crippen LogP contribution in [0.2, 0.25) is 0 Å². The third-order valence-corrected chi connectivity index (χ3v) is 2.19. The molecule has 1 aromatic carbocycles. The van der Waals surface area contributed by atoms with Crippen molar-refractivity contribution in [1.29, 1.82) is 0 Å². The van der Waals surface area contributed by atoms with E-state index in [0.717, 1.165) is 3.57 Å². The molecule has 0 aromatic heterocycles. The smallest absolute Gasteiger partial charge is 0.266 e. The van der Waals surface area contributed by atoms with Crippen LogP contribution in [0.5, 0.6) is 0 Å². The van der Waals surface area contributed by atoms with E-state index in [4.69, 9.17) is 0 Å². The van der Waals surface area contributed by atoms with Gasteiger partial charge in [-0.05, 0) is 34.7 Å². The first-order valence-electron chi connectivity index (χ1n) is 3.12. The fourth-order valence-corrected chi connectivity index (χ4v) is 1.35. The highest BCUT2D eigenvalue weighted by Crippen LogP contribution is 2.11. The minimum Gasteiger partial charge on any atom is -0.266 e. The summed E-state index contributed by atoms with van der Waals surface area (Å²) >= 11 is 2.00. The Morgan fingerprint density at radius 1 is 1.42 bits per heavy atom. The molecule has 0 spiro atoms. The van der Waals surface area contributed by atoms with Crippen molar-refractivity contribution in [1.82, 2.24) is 0 Å². The van der Waals surface area contributed by atoms with Crippen LogP contribution in [0, 0.1) is 3.57 Å². The molecular weight excluding hydrogens is 269 g/mol. The normalized spacial score (nSPS) is 8.75. The standard InChI is InChI=1S/C8H4INO2/c9-7-4-2-1-3-6(7)8(12)10-5-11/h1-4H. The van der Waals surface area contributed by atoms with Gasteiger partial charge in [0.15, 0.2) is 0 Å². The summed E-state index contributed by atoms with van der Waals surface area (Å²) in [6.07, 6.45) is 1.22. The van der Waals surface area contributed by atoms with Crippen LogP contribution in [0.3, 0.4) is 0 Å². The van der Waals surface area contributed by atoms with Crippen LogP contribution in [-0.4, -0.2) is 12.0 Å². The number of hydrogen-bond acceptors (Lipinski definition) is 2. The molecule has 0 N–H and O–H groups in total. The molecule has 1 amide bonds. The summed E-state index contributed by atoms with van der Waals surface area (Å²) in [5.74, 6) is -0.546. The molecule has 0 saturated heterocycles. The van der Waals surface area contributed by atoms with E-state index in [0.29, 0.717) is 5.56 Å². The zero-order valence-corrected chi connectivity index (χ0v) is 8.11. The molecule has 0 aliphatic rings. The second-order valence-electron chi connectivity index (χ2n) is 1.99. The van der Waals surface area contributed by atoms with Gasteiger partial charge in [-0.2, -0.15) is 0 Å². The number of amides is 1. The largest absolute Gasteiger partial charge is 0.288 e. The number of halogens is 1. The van der Waals surface area contributed by atoms with Crippen LogP contribution in [0.1, 0.15) is 10.4 Å². The third kappa shape index (κ3) is 1.99. The van der Waals surface area contributed by atoms with E-state index in [1.807, 2.05) is 28.7 Å². The van der Waals surface area contributed by atoms with E-state index in [9.17, 15) is 9.59 Å². The predicted molar refractivity (Wildman–Crippen MR) is 51.6 cm³/mol. The van der Waals surface area contributed by atoms with Gasteiger partial charge in [-0.3, -0.25) is 4.79 Å². The molecule has 0 bridgehead atoms. The quantitative estimate of drug-likeness (QED) is 0.444. The number of nitrogens with zero attached hydrogens (tertiary/aromatic N) is 1. The van der Waals surface area contributed by atoms with Gasteiger partial charge in [0, 0.05) is 3.57 Å². The van der Waals surface area contributed by atoms with E-state index in [2.05, 4.69) is 4.99 Å². The van der Waals surface area contributed by atoms with Crippen molar-refractivity contribution in [2.24, 2.45) is 4.99 Å². The number of aliphatic imine (C=N–C) groups is 1. The topological polar surface area (TPSA) is 46.5 Å². The van der Waals surface area contributed by atoms with Gasteiger partial charge in [0.05, 0.1) is 5.56 Å². The number of isocyanates is 1. The molecule has 0 saturated carbocycles. The van der Waals surface area contributed by atoms with Crippen LogP contribution in [-0.2, 0) is 4.79 Å². The summed E-state index contributed by atoms with van der Waals surface area (Å²) in [5, 5.41) is 0. The Bertz CT molecular complexity index is 356. The molecule has 0 fully saturated rings. The van der Waals surface area contributed by atoms with Crippen molar-refractivity contribution in [2.45, 2.75) is 0 Å². The fourth-order valence-electron chi connectivity index (χ4n) is 0.736. The van der Waals surface area contributed by atoms with Crippen molar-refractivity contribution < 1.29 is 9.59 Å². The molecule has 0 radical (unpaired) electrons. The number of carbonyl (C=O) groups is 1. The summed E-state index contributed by atoms with van der Waals surface area (Å²) in [7, 11) is 0. The number of hydrogen-bond donors (Lipinski definition) is 0. The predicted octanol–water partition coefficient (Wildman–Crippen LogP) is 1.77. The first kappa shape index (κ1) is 9.09. The molecule has 60 valence electrons. The maximum Gasteiger partial charge on any atom is 0.288 e. The van der Waals surface area contributed by atoms with Gasteiger partial charge in [0.1, 0.15) is 0 Å². The Labute approximate surface area is 82.6 Å². The van der Waals surface area contributed by atoms with Crippen LogP contribution < -0.4 is 0 Å². The lowest BCUT2D eigenvalue weighted by molar-refractivity contribution is 0.100. The van der Waals surface area contributed by atoms with Gasteiger partial charge in [-0.15, -0.1) is 4.99 Å². The molecule has 0 heterocycles. The van der Waals surface area contributed by atoms with Gasteiger partial charge in [-0.1, -0.05) is 12.1 Å². The first-order chi connectivity index (χ1) is 5.75. The monoisotopic (exact) mass is 273 g/mol. The van der Waals surface area contributed by atoms with Gasteiger partial charge < -0.3 is 0 Å². The number of benzene rings is 1. The van der Waals surface area contributed by atoms with Crippen LogP contribution in [0.15, 0.2) is 29.3 Å². The lowest BCUT2D eigenvalue weighted by Gasteiger charge is -1.95. The molecule has 1 rings (SSSR count). The van der Waals surface area contributed by atoms with Crippen LogP contribution in [0.4, 0.5) is 0 Å². The van der Waals surface area contributed by atoms with E-state index in [1.165, 1.54) is 6.08 Å². The minimum atomic E-state index is -0.546. The number of carbonyl (C=O) groups excluding carboxylic acids is 2. The summed E-state index contributed by atoms with van der Waals surface area (Å²) in [6.45, 7) is 0. The van der Waals surface area contributed by atoms with Crippen molar-refractivity contribution in [3.63, 3.8) is 0 Å². The van der Waals surface area contributed by atoms with Crippen molar-refractivity contribution >= 4 is 34.6 Å². The Morgan fingerprint density at radius 3 is 2.67 bits per heavy atom. The lowest BCUT2D eigenvalue weighted by Crippen LogP contribution is -1.96. The highest BCUT2D eigenvalue weighted by Gasteiger charge is 2.06. The molecule has 0 aliphatic heterocycles. The summed E-state index contributed by atoms with van der Waals surface area (Å²) in [6, 6.07) is 6.91. The summed E-state index contributed by atoms with van der Waals surface area (Å²) in [4.78, 5) is 23.8. The molecular formula is C8H4INO2. The Kier molecular flexibility index (Phi) is 3.13. The van der Waals surface area contributed by atoms with Gasteiger partial charge in [-0.25, -0.2) is 4.79 Å². The fraction of sp³-hybridized carbons (Fsp3) is 0. The molecule has 0 atom stereocenters. The van der Waals surface area contributed by atoms with E-state index in [1.54, 1.807) is 18.2 Å². The highest BCUT2D eigenvalue weighted by atomic mass is 127. The lowest BCUT2D eigenvalue weighted by atomic mass is 10.2.